The molecule has 0 bridgehead atoms. The second kappa shape index (κ2) is 9.19. The quantitative estimate of drug-likeness (QED) is 0.761. The molecule has 0 aromatic heterocycles. The second-order valence-corrected chi connectivity index (χ2v) is 6.85. The maximum absolute atomic E-state index is 12.4. The van der Waals surface area contributed by atoms with Crippen LogP contribution in [0.2, 0.25) is 0 Å². The number of hydrogen-bond acceptors (Lipinski definition) is 4. The van der Waals surface area contributed by atoms with Crippen LogP contribution < -0.4 is 5.32 Å². The lowest BCUT2D eigenvalue weighted by Crippen LogP contribution is -2.33. The molecule has 2 amide bonds. The van der Waals surface area contributed by atoms with Gasteiger partial charge < -0.3 is 15.0 Å². The van der Waals surface area contributed by atoms with Gasteiger partial charge in [-0.05, 0) is 41.3 Å². The molecule has 2 aromatic rings. The lowest BCUT2D eigenvalue weighted by atomic mass is 9.94. The Morgan fingerprint density at radius 2 is 1.79 bits per heavy atom. The van der Waals surface area contributed by atoms with Crippen LogP contribution in [0.4, 0.5) is 5.69 Å². The summed E-state index contributed by atoms with van der Waals surface area (Å²) in [6.45, 7) is 3.13. The van der Waals surface area contributed by atoms with Gasteiger partial charge in [0.1, 0.15) is 0 Å². The predicted octanol–water partition coefficient (Wildman–Crippen LogP) is 3.69. The Kier molecular flexibility index (Phi) is 6.44. The molecule has 0 aliphatic carbocycles. The Labute approximate surface area is 170 Å². The van der Waals surface area contributed by atoms with Crippen LogP contribution in [0.5, 0.6) is 0 Å². The lowest BCUT2D eigenvalue weighted by molar-refractivity contribution is -0.149. The summed E-state index contributed by atoms with van der Waals surface area (Å²) in [5, 5.41) is 2.70. The fraction of sp³-hybridized carbons (Fsp3) is 0.261. The maximum Gasteiger partial charge on any atom is 0.308 e. The third-order valence-electron chi connectivity index (χ3n) is 4.84. The minimum Gasteiger partial charge on any atom is -0.455 e. The molecule has 0 saturated heterocycles. The molecule has 6 nitrogen and oxygen atoms in total. The zero-order valence-electron chi connectivity index (χ0n) is 16.6. The highest BCUT2D eigenvalue weighted by Crippen LogP contribution is 2.33. The largest absolute Gasteiger partial charge is 0.455 e. The number of ether oxygens (including phenoxy) is 1. The van der Waals surface area contributed by atoms with E-state index >= 15 is 0 Å². The van der Waals surface area contributed by atoms with E-state index in [1.165, 1.54) is 17.4 Å². The van der Waals surface area contributed by atoms with Gasteiger partial charge in [-0.3, -0.25) is 14.4 Å². The van der Waals surface area contributed by atoms with E-state index in [1.54, 1.807) is 6.20 Å². The number of anilines is 1. The average molecular weight is 392 g/mol. The minimum absolute atomic E-state index is 0.0284. The van der Waals surface area contributed by atoms with E-state index in [0.29, 0.717) is 5.69 Å². The van der Waals surface area contributed by atoms with Crippen molar-refractivity contribution >= 4 is 29.5 Å². The number of amides is 2. The molecule has 0 saturated carbocycles. The molecule has 1 atom stereocenters. The van der Waals surface area contributed by atoms with Gasteiger partial charge in [0.25, 0.3) is 5.91 Å². The van der Waals surface area contributed by atoms with Crippen LogP contribution in [0, 0.1) is 0 Å². The van der Waals surface area contributed by atoms with Crippen LogP contribution in [0.1, 0.15) is 43.0 Å². The molecular weight excluding hydrogens is 368 g/mol. The van der Waals surface area contributed by atoms with Gasteiger partial charge in [0.05, 0.1) is 12.5 Å². The number of carbonyl (C=O) groups excluding carboxylic acids is 3. The average Bonchev–Trinajstić information content (AvgIpc) is 2.73. The van der Waals surface area contributed by atoms with Gasteiger partial charge >= 0.3 is 5.97 Å². The number of fused-ring (bicyclic) bond motifs is 1. The van der Waals surface area contributed by atoms with E-state index in [4.69, 9.17) is 4.74 Å². The van der Waals surface area contributed by atoms with Crippen LogP contribution in [0.25, 0.3) is 6.08 Å². The summed E-state index contributed by atoms with van der Waals surface area (Å²) in [4.78, 5) is 37.9. The zero-order chi connectivity index (χ0) is 20.8. The monoisotopic (exact) mass is 392 g/mol. The van der Waals surface area contributed by atoms with E-state index in [9.17, 15) is 14.4 Å². The molecular formula is C23H24N2O4. The highest BCUT2D eigenvalue weighted by molar-refractivity contribution is 5.92. The van der Waals surface area contributed by atoms with Crippen LogP contribution >= 0.6 is 0 Å². The molecule has 29 heavy (non-hydrogen) atoms. The summed E-state index contributed by atoms with van der Waals surface area (Å²) in [5.41, 5.74) is 3.65. The van der Waals surface area contributed by atoms with Crippen molar-refractivity contribution in [2.24, 2.45) is 0 Å². The van der Waals surface area contributed by atoms with E-state index in [2.05, 4.69) is 12.2 Å². The molecule has 0 radical (unpaired) electrons. The number of hydrogen-bond donors (Lipinski definition) is 1. The van der Waals surface area contributed by atoms with Gasteiger partial charge in [0.2, 0.25) is 5.91 Å². The Morgan fingerprint density at radius 3 is 2.48 bits per heavy atom. The molecule has 1 aliphatic heterocycles. The molecule has 0 unspecified atom stereocenters. The Hall–Kier alpha value is -3.41. The van der Waals surface area contributed by atoms with Crippen molar-refractivity contribution in [1.82, 2.24) is 4.90 Å². The van der Waals surface area contributed by atoms with E-state index in [0.717, 1.165) is 17.5 Å². The van der Waals surface area contributed by atoms with Crippen molar-refractivity contribution in [2.75, 3.05) is 11.9 Å². The molecule has 3 rings (SSSR count). The topological polar surface area (TPSA) is 75.7 Å². The summed E-state index contributed by atoms with van der Waals surface area (Å²) in [5.74, 6) is -1.11. The van der Waals surface area contributed by atoms with Crippen molar-refractivity contribution < 1.29 is 19.1 Å². The highest BCUT2D eigenvalue weighted by atomic mass is 16.5. The van der Waals surface area contributed by atoms with Gasteiger partial charge in [-0.1, -0.05) is 43.3 Å². The van der Waals surface area contributed by atoms with Crippen LogP contribution in [-0.2, 0) is 25.5 Å². The van der Waals surface area contributed by atoms with E-state index in [-0.39, 0.29) is 18.9 Å². The Bertz CT molecular complexity index is 934. The lowest BCUT2D eigenvalue weighted by Gasteiger charge is -2.32. The molecule has 150 valence electrons. The first-order valence-corrected chi connectivity index (χ1v) is 9.58. The van der Waals surface area contributed by atoms with Crippen molar-refractivity contribution in [3.05, 3.63) is 71.4 Å². The summed E-state index contributed by atoms with van der Waals surface area (Å²) in [6.07, 6.45) is 4.41. The fourth-order valence-corrected chi connectivity index (χ4v) is 3.30. The summed E-state index contributed by atoms with van der Waals surface area (Å²) < 4.78 is 5.15. The smallest absolute Gasteiger partial charge is 0.308 e. The van der Waals surface area contributed by atoms with Crippen molar-refractivity contribution in [3.63, 3.8) is 0 Å². The van der Waals surface area contributed by atoms with Crippen LogP contribution in [0.15, 0.2) is 54.7 Å². The molecule has 2 aromatic carbocycles. The highest BCUT2D eigenvalue weighted by Gasteiger charge is 2.28. The van der Waals surface area contributed by atoms with E-state index in [1.807, 2.05) is 54.6 Å². The summed E-state index contributed by atoms with van der Waals surface area (Å²) in [7, 11) is 0. The molecule has 1 aliphatic rings. The van der Waals surface area contributed by atoms with Gasteiger partial charge in [-0.15, -0.1) is 0 Å². The normalized spacial score (nSPS) is 14.8. The van der Waals surface area contributed by atoms with Crippen molar-refractivity contribution in [3.8, 4) is 0 Å². The molecule has 0 spiro atoms. The maximum atomic E-state index is 12.4. The number of nitrogens with zero attached hydrogens (tertiary/aromatic N) is 1. The standard InChI is InChI=1S/C23H24N2O4/c1-3-17-8-10-19(11-9-17)24-22(27)15-29-23(28)14-21-20-7-5-4-6-18(20)12-13-25(21)16(2)26/h4-13,21H,3,14-15H2,1-2H3,(H,24,27)/t21-/m1/s1. The third-order valence-corrected chi connectivity index (χ3v) is 4.84. The predicted molar refractivity (Wildman–Crippen MR) is 111 cm³/mol. The molecule has 1 heterocycles. The molecule has 1 N–H and O–H groups in total. The summed E-state index contributed by atoms with van der Waals surface area (Å²) >= 11 is 0. The molecule has 6 heteroatoms. The third kappa shape index (κ3) is 5.10. The van der Waals surface area contributed by atoms with Gasteiger partial charge in [0, 0.05) is 18.8 Å². The number of nitrogens with one attached hydrogen (secondary N) is 1. The number of aryl methyl sites for hydroxylation is 1. The van der Waals surface area contributed by atoms with Crippen molar-refractivity contribution in [1.29, 1.82) is 0 Å². The summed E-state index contributed by atoms with van der Waals surface area (Å²) in [6, 6.07) is 14.6. The Morgan fingerprint density at radius 1 is 1.07 bits per heavy atom. The number of benzene rings is 2. The van der Waals surface area contributed by atoms with Gasteiger partial charge in [-0.25, -0.2) is 0 Å². The zero-order valence-corrected chi connectivity index (χ0v) is 16.6. The first-order chi connectivity index (χ1) is 14.0. The Balaban J connectivity index is 1.58. The van der Waals surface area contributed by atoms with E-state index < -0.39 is 17.9 Å². The van der Waals surface area contributed by atoms with Crippen LogP contribution in [-0.4, -0.2) is 29.3 Å². The number of esters is 1. The SMILES string of the molecule is CCc1ccc(NC(=O)COC(=O)C[C@@H]2c3ccccc3C=CN2C(C)=O)cc1. The minimum atomic E-state index is -0.539. The second-order valence-electron chi connectivity index (χ2n) is 6.85. The number of rotatable bonds is 6. The van der Waals surface area contributed by atoms with Crippen LogP contribution in [0.3, 0.4) is 0 Å². The number of carbonyl (C=O) groups is 3. The first-order valence-electron chi connectivity index (χ1n) is 9.58. The first kappa shape index (κ1) is 20.3. The van der Waals surface area contributed by atoms with Gasteiger partial charge in [-0.2, -0.15) is 0 Å². The fourth-order valence-electron chi connectivity index (χ4n) is 3.30. The van der Waals surface area contributed by atoms with Crippen molar-refractivity contribution in [2.45, 2.75) is 32.7 Å². The molecule has 0 fully saturated rings. The van der Waals surface area contributed by atoms with Gasteiger partial charge in [0.15, 0.2) is 6.61 Å².